The molecular formula is C10H16N4. The van der Waals surface area contributed by atoms with E-state index in [0.29, 0.717) is 5.92 Å². The fraction of sp³-hybridized carbons (Fsp3) is 0.600. The van der Waals surface area contributed by atoms with Gasteiger partial charge < -0.3 is 10.6 Å². The molecular weight excluding hydrogens is 176 g/mol. The molecule has 1 aromatic rings. The first-order chi connectivity index (χ1) is 6.95. The van der Waals surface area contributed by atoms with Crippen LogP contribution in [-0.2, 0) is 0 Å². The minimum absolute atomic E-state index is 0.715. The van der Waals surface area contributed by atoms with Gasteiger partial charge in [-0.05, 0) is 37.9 Å². The quantitative estimate of drug-likeness (QED) is 0.746. The van der Waals surface area contributed by atoms with Crippen LogP contribution in [0.1, 0.15) is 12.8 Å². The summed E-state index contributed by atoms with van der Waals surface area (Å²) in [5.41, 5.74) is 0. The zero-order chi connectivity index (χ0) is 9.64. The Morgan fingerprint density at radius 2 is 2.29 bits per heavy atom. The number of aromatic nitrogens is 2. The first-order valence-electron chi connectivity index (χ1n) is 5.17. The van der Waals surface area contributed by atoms with Gasteiger partial charge in [0.15, 0.2) is 0 Å². The predicted molar refractivity (Wildman–Crippen MR) is 56.1 cm³/mol. The van der Waals surface area contributed by atoms with E-state index in [1.54, 1.807) is 12.4 Å². The van der Waals surface area contributed by atoms with E-state index in [9.17, 15) is 0 Å². The summed E-state index contributed by atoms with van der Waals surface area (Å²) in [6, 6.07) is 1.83. The molecule has 2 heterocycles. The lowest BCUT2D eigenvalue weighted by Gasteiger charge is -2.22. The summed E-state index contributed by atoms with van der Waals surface area (Å²) < 4.78 is 0. The Kier molecular flexibility index (Phi) is 3.29. The van der Waals surface area contributed by atoms with Crippen LogP contribution in [0.2, 0.25) is 0 Å². The number of anilines is 1. The lowest BCUT2D eigenvalue weighted by Crippen LogP contribution is -2.33. The monoisotopic (exact) mass is 192 g/mol. The number of nitrogens with one attached hydrogen (secondary N) is 2. The fourth-order valence-corrected chi connectivity index (χ4v) is 1.72. The van der Waals surface area contributed by atoms with Gasteiger partial charge in [-0.25, -0.2) is 9.97 Å². The predicted octanol–water partition coefficient (Wildman–Crippen LogP) is 0.888. The van der Waals surface area contributed by atoms with E-state index in [1.807, 2.05) is 6.07 Å². The van der Waals surface area contributed by atoms with Crippen LogP contribution >= 0.6 is 0 Å². The fourth-order valence-electron chi connectivity index (χ4n) is 1.72. The van der Waals surface area contributed by atoms with Crippen LogP contribution < -0.4 is 10.6 Å². The third-order valence-electron chi connectivity index (χ3n) is 2.51. The highest BCUT2D eigenvalue weighted by Gasteiger charge is 2.12. The molecule has 0 aliphatic carbocycles. The zero-order valence-electron chi connectivity index (χ0n) is 8.24. The molecule has 2 N–H and O–H groups in total. The van der Waals surface area contributed by atoms with Crippen LogP contribution in [-0.4, -0.2) is 29.6 Å². The second-order valence-corrected chi connectivity index (χ2v) is 3.67. The van der Waals surface area contributed by atoms with Crippen molar-refractivity contribution in [3.63, 3.8) is 0 Å². The Labute approximate surface area is 84.2 Å². The maximum Gasteiger partial charge on any atom is 0.222 e. The second-order valence-electron chi connectivity index (χ2n) is 3.67. The van der Waals surface area contributed by atoms with Gasteiger partial charge in [0, 0.05) is 18.9 Å². The van der Waals surface area contributed by atoms with Gasteiger partial charge in [-0.15, -0.1) is 0 Å². The average Bonchev–Trinajstić information content (AvgIpc) is 2.29. The molecule has 0 bridgehead atoms. The van der Waals surface area contributed by atoms with Crippen LogP contribution in [0.25, 0.3) is 0 Å². The molecule has 0 spiro atoms. The first-order valence-corrected chi connectivity index (χ1v) is 5.17. The summed E-state index contributed by atoms with van der Waals surface area (Å²) in [5.74, 6) is 1.45. The number of hydrogen-bond acceptors (Lipinski definition) is 4. The van der Waals surface area contributed by atoms with Crippen molar-refractivity contribution < 1.29 is 0 Å². The molecule has 0 aromatic carbocycles. The molecule has 1 fully saturated rings. The number of nitrogens with zero attached hydrogens (tertiary/aromatic N) is 2. The lowest BCUT2D eigenvalue weighted by molar-refractivity contribution is 0.392. The van der Waals surface area contributed by atoms with Crippen LogP contribution in [0.15, 0.2) is 18.5 Å². The molecule has 0 unspecified atom stereocenters. The maximum absolute atomic E-state index is 4.12. The van der Waals surface area contributed by atoms with E-state index in [-0.39, 0.29) is 0 Å². The topological polar surface area (TPSA) is 49.8 Å². The van der Waals surface area contributed by atoms with E-state index in [1.165, 1.54) is 19.4 Å². The smallest absolute Gasteiger partial charge is 0.222 e. The Balaban J connectivity index is 1.76. The molecule has 4 heteroatoms. The molecule has 14 heavy (non-hydrogen) atoms. The van der Waals surface area contributed by atoms with Crippen LogP contribution in [0.3, 0.4) is 0 Å². The SMILES string of the molecule is c1cnc(NC[C@H]2CCCNC2)nc1. The van der Waals surface area contributed by atoms with E-state index in [2.05, 4.69) is 20.6 Å². The van der Waals surface area contributed by atoms with Gasteiger partial charge in [0.05, 0.1) is 0 Å². The molecule has 76 valence electrons. The van der Waals surface area contributed by atoms with E-state index < -0.39 is 0 Å². The van der Waals surface area contributed by atoms with Gasteiger partial charge in [0.1, 0.15) is 0 Å². The van der Waals surface area contributed by atoms with Crippen molar-refractivity contribution in [3.05, 3.63) is 18.5 Å². The third-order valence-corrected chi connectivity index (χ3v) is 2.51. The van der Waals surface area contributed by atoms with Gasteiger partial charge in [-0.1, -0.05) is 0 Å². The standard InChI is InChI=1S/C10H16N4/c1-3-9(7-11-4-1)8-14-10-12-5-2-6-13-10/h2,5-6,9,11H,1,3-4,7-8H2,(H,12,13,14)/t9-/m0/s1. The highest BCUT2D eigenvalue weighted by molar-refractivity contribution is 5.21. The number of hydrogen-bond donors (Lipinski definition) is 2. The summed E-state index contributed by atoms with van der Waals surface area (Å²) in [7, 11) is 0. The molecule has 4 nitrogen and oxygen atoms in total. The molecule has 1 aliphatic rings. The van der Waals surface area contributed by atoms with Crippen molar-refractivity contribution in [2.45, 2.75) is 12.8 Å². The summed E-state index contributed by atoms with van der Waals surface area (Å²) in [6.45, 7) is 3.25. The summed E-state index contributed by atoms with van der Waals surface area (Å²) in [6.07, 6.45) is 6.09. The first kappa shape index (κ1) is 9.40. The molecule has 0 amide bonds. The van der Waals surface area contributed by atoms with Gasteiger partial charge in [-0.3, -0.25) is 0 Å². The van der Waals surface area contributed by atoms with Gasteiger partial charge in [-0.2, -0.15) is 0 Å². The molecule has 1 aliphatic heterocycles. The van der Waals surface area contributed by atoms with Crippen LogP contribution in [0.4, 0.5) is 5.95 Å². The zero-order valence-corrected chi connectivity index (χ0v) is 8.24. The van der Waals surface area contributed by atoms with Crippen molar-refractivity contribution in [3.8, 4) is 0 Å². The van der Waals surface area contributed by atoms with Gasteiger partial charge in [0.25, 0.3) is 0 Å². The van der Waals surface area contributed by atoms with E-state index in [4.69, 9.17) is 0 Å². The summed E-state index contributed by atoms with van der Waals surface area (Å²) in [5, 5.41) is 6.64. The van der Waals surface area contributed by atoms with E-state index in [0.717, 1.165) is 19.0 Å². The Hall–Kier alpha value is -1.16. The summed E-state index contributed by atoms with van der Waals surface area (Å²) >= 11 is 0. The van der Waals surface area contributed by atoms with Crippen LogP contribution in [0, 0.1) is 5.92 Å². The maximum atomic E-state index is 4.12. The second kappa shape index (κ2) is 4.91. The third kappa shape index (κ3) is 2.67. The van der Waals surface area contributed by atoms with Gasteiger partial charge in [0.2, 0.25) is 5.95 Å². The van der Waals surface area contributed by atoms with Crippen molar-refractivity contribution in [1.82, 2.24) is 15.3 Å². The largest absolute Gasteiger partial charge is 0.354 e. The van der Waals surface area contributed by atoms with Crippen molar-refractivity contribution in [2.24, 2.45) is 5.92 Å². The Morgan fingerprint density at radius 3 is 3.00 bits per heavy atom. The average molecular weight is 192 g/mol. The molecule has 0 saturated carbocycles. The van der Waals surface area contributed by atoms with Gasteiger partial charge >= 0.3 is 0 Å². The summed E-state index contributed by atoms with van der Waals surface area (Å²) in [4.78, 5) is 8.24. The normalized spacial score (nSPS) is 21.9. The van der Waals surface area contributed by atoms with Crippen LogP contribution in [0.5, 0.6) is 0 Å². The molecule has 0 radical (unpaired) electrons. The molecule has 2 rings (SSSR count). The molecule has 1 atom stereocenters. The number of rotatable bonds is 3. The Bertz CT molecular complexity index is 256. The molecule has 1 saturated heterocycles. The lowest BCUT2D eigenvalue weighted by atomic mass is 10.00. The number of piperidine rings is 1. The van der Waals surface area contributed by atoms with Crippen molar-refractivity contribution >= 4 is 5.95 Å². The highest BCUT2D eigenvalue weighted by Crippen LogP contribution is 2.09. The van der Waals surface area contributed by atoms with E-state index >= 15 is 0 Å². The van der Waals surface area contributed by atoms with Crippen molar-refractivity contribution in [1.29, 1.82) is 0 Å². The Morgan fingerprint density at radius 1 is 1.43 bits per heavy atom. The minimum Gasteiger partial charge on any atom is -0.354 e. The van der Waals surface area contributed by atoms with Crippen molar-refractivity contribution in [2.75, 3.05) is 25.0 Å². The minimum atomic E-state index is 0.715. The molecule has 1 aromatic heterocycles. The highest BCUT2D eigenvalue weighted by atomic mass is 15.1.